The fraction of sp³-hybridized carbons (Fsp3) is 0.429. The minimum atomic E-state index is 0.260. The van der Waals surface area contributed by atoms with Gasteiger partial charge in [-0.2, -0.15) is 5.10 Å². The molecule has 2 aliphatic rings. The van der Waals surface area contributed by atoms with Crippen LogP contribution in [0.3, 0.4) is 0 Å². The van der Waals surface area contributed by atoms with Crippen molar-refractivity contribution < 1.29 is 4.74 Å². The van der Waals surface area contributed by atoms with E-state index in [1.54, 1.807) is 17.8 Å². The maximum atomic E-state index is 6.20. The number of benzene rings is 1. The summed E-state index contributed by atoms with van der Waals surface area (Å²) < 4.78 is 5.55. The van der Waals surface area contributed by atoms with Gasteiger partial charge in [-0.25, -0.2) is 0 Å². The highest BCUT2D eigenvalue weighted by Crippen LogP contribution is 2.24. The molecule has 0 saturated carbocycles. The lowest BCUT2D eigenvalue weighted by molar-refractivity contribution is 0.118. The van der Waals surface area contributed by atoms with E-state index in [0.717, 1.165) is 41.6 Å². The minimum absolute atomic E-state index is 0.260. The number of hydrogen-bond acceptors (Lipinski definition) is 4. The number of hydrogen-bond donors (Lipinski definition) is 1. The van der Waals surface area contributed by atoms with Gasteiger partial charge in [0.2, 0.25) is 0 Å². The summed E-state index contributed by atoms with van der Waals surface area (Å²) in [5.74, 6) is 0.735. The van der Waals surface area contributed by atoms with Crippen LogP contribution < -0.4 is 5.43 Å². The zero-order valence-electron chi connectivity index (χ0n) is 11.3. The highest BCUT2D eigenvalue weighted by Gasteiger charge is 2.18. The molecule has 1 saturated heterocycles. The Hall–Kier alpha value is -0.750. The van der Waals surface area contributed by atoms with Crippen LogP contribution in [-0.4, -0.2) is 35.9 Å². The molecular weight excluding hydrogens is 329 g/mol. The van der Waals surface area contributed by atoms with Crippen LogP contribution in [0.4, 0.5) is 0 Å². The zero-order chi connectivity index (χ0) is 14.7. The van der Waals surface area contributed by atoms with Gasteiger partial charge in [0.1, 0.15) is 0 Å². The van der Waals surface area contributed by atoms with Crippen molar-refractivity contribution in [2.75, 3.05) is 18.9 Å². The number of hydrazone groups is 1. The first-order chi connectivity index (χ1) is 10.2. The van der Waals surface area contributed by atoms with Gasteiger partial charge in [0.15, 0.2) is 5.17 Å². The number of rotatable bonds is 3. The summed E-state index contributed by atoms with van der Waals surface area (Å²) in [6.45, 7) is 1.55. The molecule has 0 amide bonds. The topological polar surface area (TPSA) is 46.0 Å². The summed E-state index contributed by atoms with van der Waals surface area (Å²) in [7, 11) is 0. The molecule has 0 spiro atoms. The lowest BCUT2D eigenvalue weighted by Gasteiger charge is -2.16. The van der Waals surface area contributed by atoms with Crippen molar-refractivity contribution in [3.8, 4) is 0 Å². The van der Waals surface area contributed by atoms with Crippen molar-refractivity contribution in [1.29, 1.82) is 0 Å². The van der Waals surface area contributed by atoms with Crippen LogP contribution in [0.5, 0.6) is 0 Å². The van der Waals surface area contributed by atoms with Crippen molar-refractivity contribution in [1.82, 2.24) is 5.43 Å². The molecule has 1 fully saturated rings. The third-order valence-corrected chi connectivity index (χ3v) is 4.80. The Labute approximate surface area is 137 Å². The Bertz CT molecular complexity index is 586. The lowest BCUT2D eigenvalue weighted by atomic mass is 10.1. The summed E-state index contributed by atoms with van der Waals surface area (Å²) in [6, 6.07) is 5.43. The molecule has 112 valence electrons. The van der Waals surface area contributed by atoms with Gasteiger partial charge >= 0.3 is 0 Å². The first-order valence-corrected chi connectivity index (χ1v) is 8.53. The smallest absolute Gasteiger partial charge is 0.177 e. The van der Waals surface area contributed by atoms with Crippen LogP contribution in [0, 0.1) is 0 Å². The Morgan fingerprint density at radius 2 is 2.33 bits per heavy atom. The van der Waals surface area contributed by atoms with Gasteiger partial charge in [-0.3, -0.25) is 10.4 Å². The first-order valence-electron chi connectivity index (χ1n) is 6.79. The number of aliphatic imine (C=N–C) groups is 1. The van der Waals surface area contributed by atoms with E-state index in [0.29, 0.717) is 16.6 Å². The normalized spacial score (nSPS) is 24.0. The predicted octanol–water partition coefficient (Wildman–Crippen LogP) is 3.57. The fourth-order valence-corrected chi connectivity index (χ4v) is 3.52. The molecule has 0 radical (unpaired) electrons. The van der Waals surface area contributed by atoms with E-state index in [-0.39, 0.29) is 6.10 Å². The van der Waals surface area contributed by atoms with E-state index in [1.165, 1.54) is 0 Å². The molecule has 4 nitrogen and oxygen atoms in total. The average Bonchev–Trinajstić information content (AvgIpc) is 2.99. The van der Waals surface area contributed by atoms with Gasteiger partial charge in [0.25, 0.3) is 0 Å². The number of nitrogens with one attached hydrogen (secondary N) is 1. The van der Waals surface area contributed by atoms with E-state index in [4.69, 9.17) is 27.9 Å². The summed E-state index contributed by atoms with van der Waals surface area (Å²) in [5, 5.41) is 6.44. The highest BCUT2D eigenvalue weighted by molar-refractivity contribution is 8.14. The standard InChI is InChI=1S/C14H15Cl2N3OS/c15-9-3-4-11(12(16)6-9)13-8-21-14(19-18-13)17-7-10-2-1-5-20-10/h3-4,6,10H,1-2,5,7-8H2,(H,17,19). The summed E-state index contributed by atoms with van der Waals surface area (Å²) >= 11 is 13.7. The predicted molar refractivity (Wildman–Crippen MR) is 89.9 cm³/mol. The average molecular weight is 344 g/mol. The molecule has 1 aromatic rings. The van der Waals surface area contributed by atoms with Crippen LogP contribution in [0.1, 0.15) is 18.4 Å². The molecule has 0 aromatic heterocycles. The Morgan fingerprint density at radius 3 is 3.00 bits per heavy atom. The fourth-order valence-electron chi connectivity index (χ4n) is 2.23. The van der Waals surface area contributed by atoms with E-state index < -0.39 is 0 Å². The maximum Gasteiger partial charge on any atom is 0.177 e. The second-order valence-electron chi connectivity index (χ2n) is 4.86. The summed E-state index contributed by atoms with van der Waals surface area (Å²) in [6.07, 6.45) is 2.49. The van der Waals surface area contributed by atoms with Crippen molar-refractivity contribution in [3.63, 3.8) is 0 Å². The van der Waals surface area contributed by atoms with E-state index in [2.05, 4.69) is 15.5 Å². The SMILES string of the molecule is Clc1ccc(C2=NNC(=NCC3CCCO3)SC2)c(Cl)c1. The second kappa shape index (κ2) is 7.01. The van der Waals surface area contributed by atoms with Gasteiger partial charge in [-0.1, -0.05) is 41.0 Å². The molecule has 2 heterocycles. The number of halogens is 2. The third-order valence-electron chi connectivity index (χ3n) is 3.34. The van der Waals surface area contributed by atoms with Crippen LogP contribution in [0.25, 0.3) is 0 Å². The third kappa shape index (κ3) is 3.92. The molecule has 0 bridgehead atoms. The van der Waals surface area contributed by atoms with Gasteiger partial charge in [0.05, 0.1) is 23.4 Å². The number of amidine groups is 1. The highest BCUT2D eigenvalue weighted by atomic mass is 35.5. The molecule has 0 aliphatic carbocycles. The Morgan fingerprint density at radius 1 is 1.43 bits per heavy atom. The van der Waals surface area contributed by atoms with Gasteiger partial charge in [-0.15, -0.1) is 0 Å². The second-order valence-corrected chi connectivity index (χ2v) is 6.67. The molecule has 3 rings (SSSR count). The molecule has 1 unspecified atom stereocenters. The van der Waals surface area contributed by atoms with Crippen molar-refractivity contribution in [2.45, 2.75) is 18.9 Å². The zero-order valence-corrected chi connectivity index (χ0v) is 13.6. The first kappa shape index (κ1) is 15.2. The van der Waals surface area contributed by atoms with E-state index in [1.807, 2.05) is 12.1 Å². The van der Waals surface area contributed by atoms with Crippen LogP contribution in [0.2, 0.25) is 10.0 Å². The molecular formula is C14H15Cl2N3OS. The number of nitrogens with zero attached hydrogens (tertiary/aromatic N) is 2. The molecule has 21 heavy (non-hydrogen) atoms. The minimum Gasteiger partial charge on any atom is -0.376 e. The Kier molecular flexibility index (Phi) is 5.06. The number of thioether (sulfide) groups is 1. The number of ether oxygens (including phenoxy) is 1. The van der Waals surface area contributed by atoms with Crippen LogP contribution in [-0.2, 0) is 4.74 Å². The monoisotopic (exact) mass is 343 g/mol. The van der Waals surface area contributed by atoms with E-state index in [9.17, 15) is 0 Å². The van der Waals surface area contributed by atoms with Crippen LogP contribution >= 0.6 is 35.0 Å². The lowest BCUT2D eigenvalue weighted by Crippen LogP contribution is -2.26. The van der Waals surface area contributed by atoms with E-state index >= 15 is 0 Å². The summed E-state index contributed by atoms with van der Waals surface area (Å²) in [5.41, 5.74) is 4.79. The van der Waals surface area contributed by atoms with Crippen molar-refractivity contribution in [3.05, 3.63) is 33.8 Å². The Balaban J connectivity index is 1.64. The molecule has 1 atom stereocenters. The summed E-state index contributed by atoms with van der Waals surface area (Å²) in [4.78, 5) is 4.51. The molecule has 2 aliphatic heterocycles. The van der Waals surface area contributed by atoms with Crippen molar-refractivity contribution in [2.24, 2.45) is 10.1 Å². The van der Waals surface area contributed by atoms with Crippen molar-refractivity contribution >= 4 is 45.8 Å². The molecule has 1 N–H and O–H groups in total. The van der Waals surface area contributed by atoms with Gasteiger partial charge in [0, 0.05) is 22.9 Å². The molecule has 7 heteroatoms. The quantitative estimate of drug-likeness (QED) is 0.912. The van der Waals surface area contributed by atoms with Gasteiger partial charge in [-0.05, 0) is 25.0 Å². The van der Waals surface area contributed by atoms with Gasteiger partial charge < -0.3 is 4.74 Å². The van der Waals surface area contributed by atoms with Crippen LogP contribution in [0.15, 0.2) is 28.3 Å². The largest absolute Gasteiger partial charge is 0.376 e. The maximum absolute atomic E-state index is 6.20. The molecule has 1 aromatic carbocycles.